The molecule has 0 amide bonds. The van der Waals surface area contributed by atoms with Gasteiger partial charge in [-0.3, -0.25) is 0 Å². The minimum absolute atomic E-state index is 0.158. The van der Waals surface area contributed by atoms with Crippen LogP contribution in [0.3, 0.4) is 0 Å². The van der Waals surface area contributed by atoms with Crippen molar-refractivity contribution in [1.82, 2.24) is 0 Å². The maximum absolute atomic E-state index is 9.10. The summed E-state index contributed by atoms with van der Waals surface area (Å²) in [6.45, 7) is 0.158. The largest absolute Gasteiger partial charge is 0.396 e. The van der Waals surface area contributed by atoms with Crippen molar-refractivity contribution < 1.29 is 14.5 Å². The maximum Gasteiger partial charge on any atom is 0.257 e. The molecule has 0 radical (unpaired) electrons. The van der Waals surface area contributed by atoms with E-state index in [-0.39, 0.29) is 6.61 Å². The fourth-order valence-electron chi connectivity index (χ4n) is 1.58. The molecule has 2 rings (SSSR count). The van der Waals surface area contributed by atoms with Gasteiger partial charge in [0.1, 0.15) is 0 Å². The summed E-state index contributed by atoms with van der Waals surface area (Å²) in [6.07, 6.45) is 6.68. The summed E-state index contributed by atoms with van der Waals surface area (Å²) >= 11 is 4.56. The molecule has 88 valence electrons. The van der Waals surface area contributed by atoms with Gasteiger partial charge in [0, 0.05) is 31.4 Å². The van der Waals surface area contributed by atoms with Crippen molar-refractivity contribution in [3.8, 4) is 0 Å². The number of nitrogens with zero attached hydrogens (tertiary/aromatic N) is 2. The van der Waals surface area contributed by atoms with Crippen LogP contribution in [0.5, 0.6) is 0 Å². The summed E-state index contributed by atoms with van der Waals surface area (Å²) in [5.74, 6) is 0. The lowest BCUT2D eigenvalue weighted by molar-refractivity contribution is -1.30. The lowest BCUT2D eigenvalue weighted by atomic mass is 10.3. The van der Waals surface area contributed by atoms with E-state index < -0.39 is 0 Å². The summed E-state index contributed by atoms with van der Waals surface area (Å²) in [6, 6.07) is 8.23. The normalized spacial score (nSPS) is 10.5. The molecular formula is C12H12I2N2O+2. The van der Waals surface area contributed by atoms with Gasteiger partial charge in [0.25, 0.3) is 5.69 Å². The number of rotatable bonds is 3. The Morgan fingerprint density at radius 3 is 2.29 bits per heavy atom. The molecule has 2 aromatic heterocycles. The first-order chi connectivity index (χ1) is 8.20. The Labute approximate surface area is 127 Å². The van der Waals surface area contributed by atoms with E-state index in [1.165, 1.54) is 7.14 Å². The molecule has 0 bridgehead atoms. The van der Waals surface area contributed by atoms with Crippen LogP contribution in [0.4, 0.5) is 0 Å². The van der Waals surface area contributed by atoms with Crippen molar-refractivity contribution in [2.24, 2.45) is 0 Å². The Morgan fingerprint density at radius 2 is 1.65 bits per heavy atom. The Hall–Kier alpha value is -0.280. The van der Waals surface area contributed by atoms with Crippen molar-refractivity contribution in [2.45, 2.75) is 6.42 Å². The zero-order valence-corrected chi connectivity index (χ0v) is 13.4. The highest BCUT2D eigenvalue weighted by molar-refractivity contribution is 14.1. The Kier molecular flexibility index (Phi) is 4.69. The van der Waals surface area contributed by atoms with Gasteiger partial charge in [-0.1, -0.05) is 0 Å². The van der Waals surface area contributed by atoms with E-state index in [0.717, 1.165) is 5.69 Å². The van der Waals surface area contributed by atoms with Crippen molar-refractivity contribution in [1.29, 1.82) is 0 Å². The molecule has 0 unspecified atom stereocenters. The molecule has 0 fully saturated rings. The van der Waals surface area contributed by atoms with Crippen LogP contribution in [0, 0.1) is 7.14 Å². The molecular weight excluding hydrogens is 442 g/mol. The molecule has 0 aliphatic carbocycles. The van der Waals surface area contributed by atoms with Gasteiger partial charge in [0.2, 0.25) is 18.6 Å². The molecule has 3 nitrogen and oxygen atoms in total. The molecule has 1 N–H and O–H groups in total. The third kappa shape index (κ3) is 3.35. The second-order valence-corrected chi connectivity index (χ2v) is 6.04. The van der Waals surface area contributed by atoms with Gasteiger partial charge >= 0.3 is 0 Å². The first-order valence-electron chi connectivity index (χ1n) is 5.19. The molecule has 0 saturated carbocycles. The Balaban J connectivity index is 2.46. The van der Waals surface area contributed by atoms with Crippen molar-refractivity contribution in [2.75, 3.05) is 6.61 Å². The van der Waals surface area contributed by atoms with Crippen LogP contribution in [-0.2, 0) is 6.42 Å². The molecule has 0 aromatic carbocycles. The zero-order valence-electron chi connectivity index (χ0n) is 9.05. The molecule has 0 aliphatic heterocycles. The summed E-state index contributed by atoms with van der Waals surface area (Å²) in [4.78, 5) is 0. The van der Waals surface area contributed by atoms with Gasteiger partial charge in [-0.2, -0.15) is 0 Å². The van der Waals surface area contributed by atoms with Crippen LogP contribution in [-0.4, -0.2) is 11.7 Å². The van der Waals surface area contributed by atoms with Crippen molar-refractivity contribution >= 4 is 45.2 Å². The van der Waals surface area contributed by atoms with Gasteiger partial charge in [-0.25, -0.2) is 0 Å². The van der Waals surface area contributed by atoms with E-state index in [9.17, 15) is 0 Å². The molecule has 2 aromatic rings. The van der Waals surface area contributed by atoms with Gasteiger partial charge in [0.05, 0.1) is 22.4 Å². The number of hydrogen-bond acceptors (Lipinski definition) is 1. The molecule has 5 heteroatoms. The van der Waals surface area contributed by atoms with Gasteiger partial charge in [-0.15, -0.1) is 0 Å². The van der Waals surface area contributed by atoms with Crippen LogP contribution in [0.1, 0.15) is 5.69 Å². The van der Waals surface area contributed by atoms with Crippen LogP contribution in [0.2, 0.25) is 0 Å². The number of aliphatic hydroxyl groups excluding tert-OH is 1. The minimum atomic E-state index is 0.158. The summed E-state index contributed by atoms with van der Waals surface area (Å²) in [7, 11) is 0. The van der Waals surface area contributed by atoms with Crippen molar-refractivity contribution in [3.63, 3.8) is 0 Å². The predicted octanol–water partition coefficient (Wildman–Crippen LogP) is 1.32. The SMILES string of the molecule is OCCc1cc(I)cc[n+]1-[n+]1ccc(I)cc1. The first-order valence-corrected chi connectivity index (χ1v) is 7.35. The van der Waals surface area contributed by atoms with E-state index in [1.54, 1.807) is 0 Å². The number of halogens is 2. The molecule has 0 aliphatic rings. The number of hydrogen-bond donors (Lipinski definition) is 1. The Morgan fingerprint density at radius 1 is 1.00 bits per heavy atom. The molecule has 0 atom stereocenters. The third-order valence-electron chi connectivity index (χ3n) is 2.36. The van der Waals surface area contributed by atoms with Crippen LogP contribution in [0.15, 0.2) is 42.9 Å². The first kappa shape index (κ1) is 13.2. The smallest absolute Gasteiger partial charge is 0.257 e. The third-order valence-corrected chi connectivity index (χ3v) is 3.75. The average molecular weight is 454 g/mol. The Bertz CT molecular complexity index is 514. The highest BCUT2D eigenvalue weighted by atomic mass is 127. The monoisotopic (exact) mass is 454 g/mol. The van der Waals surface area contributed by atoms with E-state index >= 15 is 0 Å². The summed E-state index contributed by atoms with van der Waals surface area (Å²) in [5, 5.41) is 9.10. The minimum Gasteiger partial charge on any atom is -0.396 e. The van der Waals surface area contributed by atoms with Crippen LogP contribution >= 0.6 is 45.2 Å². The molecule has 2 heterocycles. The van der Waals surface area contributed by atoms with E-state index in [0.29, 0.717) is 6.42 Å². The quantitative estimate of drug-likeness (QED) is 0.551. The molecule has 0 spiro atoms. The number of pyridine rings is 2. The molecule has 0 saturated heterocycles. The fraction of sp³-hybridized carbons (Fsp3) is 0.167. The van der Waals surface area contributed by atoms with E-state index in [4.69, 9.17) is 5.11 Å². The van der Waals surface area contributed by atoms with Gasteiger partial charge in [-0.05, 0) is 45.2 Å². The zero-order chi connectivity index (χ0) is 12.3. The second-order valence-electron chi connectivity index (χ2n) is 3.55. The maximum atomic E-state index is 9.10. The topological polar surface area (TPSA) is 28.0 Å². The van der Waals surface area contributed by atoms with E-state index in [2.05, 4.69) is 51.2 Å². The summed E-state index contributed by atoms with van der Waals surface area (Å²) in [5.41, 5.74) is 1.09. The van der Waals surface area contributed by atoms with Gasteiger partial charge < -0.3 is 5.11 Å². The van der Waals surface area contributed by atoms with E-state index in [1.807, 2.05) is 46.1 Å². The van der Waals surface area contributed by atoms with Gasteiger partial charge in [0.15, 0.2) is 0 Å². The average Bonchev–Trinajstić information content (AvgIpc) is 2.31. The standard InChI is InChI=1S/C12H12I2N2O/c13-10-1-5-15(6-2-10)16-7-3-11(14)9-12(16)4-8-17/h1-3,5-7,9,17H,4,8H2/q+2. The van der Waals surface area contributed by atoms with Crippen LogP contribution in [0.25, 0.3) is 0 Å². The number of aliphatic hydroxyl groups is 1. The fourth-order valence-corrected chi connectivity index (χ4v) is 2.42. The second kappa shape index (κ2) is 6.05. The highest BCUT2D eigenvalue weighted by Gasteiger charge is 2.19. The van der Waals surface area contributed by atoms with Crippen molar-refractivity contribution in [3.05, 3.63) is 55.7 Å². The number of aromatic nitrogens is 2. The predicted molar refractivity (Wildman–Crippen MR) is 80.3 cm³/mol. The lowest BCUT2D eigenvalue weighted by Crippen LogP contribution is -2.67. The van der Waals surface area contributed by atoms with Crippen LogP contribution < -0.4 is 9.35 Å². The summed E-state index contributed by atoms with van der Waals surface area (Å²) < 4.78 is 6.42. The molecule has 17 heavy (non-hydrogen) atoms. The lowest BCUT2D eigenvalue weighted by Gasteiger charge is -1.97. The highest BCUT2D eigenvalue weighted by Crippen LogP contribution is 2.04.